The van der Waals surface area contributed by atoms with Crippen LogP contribution in [0, 0.1) is 5.41 Å². The van der Waals surface area contributed by atoms with Crippen LogP contribution < -0.4 is 11.5 Å². The number of anilines is 1. The average molecular weight is 236 g/mol. The van der Waals surface area contributed by atoms with Crippen LogP contribution in [0.5, 0.6) is 0 Å². The molecule has 0 aliphatic rings. The van der Waals surface area contributed by atoms with Gasteiger partial charge in [-0.15, -0.1) is 0 Å². The van der Waals surface area contributed by atoms with E-state index in [1.807, 2.05) is 20.8 Å². The van der Waals surface area contributed by atoms with Crippen molar-refractivity contribution in [3.8, 4) is 0 Å². The lowest BCUT2D eigenvalue weighted by Gasteiger charge is -2.32. The summed E-state index contributed by atoms with van der Waals surface area (Å²) in [5, 5.41) is 9.36. The zero-order chi connectivity index (χ0) is 13.3. The van der Waals surface area contributed by atoms with Crippen LogP contribution in [0.1, 0.15) is 32.8 Å². The number of nitrogens with two attached hydrogens (primary N) is 2. The van der Waals surface area contributed by atoms with Gasteiger partial charge in [-0.25, -0.2) is 4.79 Å². The van der Waals surface area contributed by atoms with Gasteiger partial charge in [0, 0.05) is 5.69 Å². The molecule has 1 aromatic rings. The Morgan fingerprint density at radius 3 is 2.06 bits per heavy atom. The van der Waals surface area contributed by atoms with Crippen molar-refractivity contribution in [2.45, 2.75) is 32.7 Å². The maximum absolute atomic E-state index is 11.4. The highest BCUT2D eigenvalue weighted by atomic mass is 16.4. The Bertz CT molecular complexity index is 406. The number of aliphatic carboxylic acids is 1. The van der Waals surface area contributed by atoms with Crippen LogP contribution >= 0.6 is 0 Å². The molecule has 4 heteroatoms. The molecule has 5 N–H and O–H groups in total. The van der Waals surface area contributed by atoms with E-state index in [4.69, 9.17) is 11.5 Å². The molecule has 0 aliphatic heterocycles. The minimum absolute atomic E-state index is 0.172. The second kappa shape index (κ2) is 4.37. The van der Waals surface area contributed by atoms with Crippen LogP contribution in [0.2, 0.25) is 0 Å². The SMILES string of the molecule is CC(C)(C)CC(N)(C(=O)O)c1ccc(N)cc1. The summed E-state index contributed by atoms with van der Waals surface area (Å²) in [6.45, 7) is 5.90. The van der Waals surface area contributed by atoms with E-state index in [1.54, 1.807) is 24.3 Å². The van der Waals surface area contributed by atoms with Gasteiger partial charge in [-0.2, -0.15) is 0 Å². The lowest BCUT2D eigenvalue weighted by molar-refractivity contribution is -0.145. The maximum Gasteiger partial charge on any atom is 0.328 e. The van der Waals surface area contributed by atoms with Gasteiger partial charge in [-0.1, -0.05) is 32.9 Å². The van der Waals surface area contributed by atoms with Gasteiger partial charge in [-0.3, -0.25) is 0 Å². The predicted molar refractivity (Wildman–Crippen MR) is 68.4 cm³/mol. The first kappa shape index (κ1) is 13.5. The van der Waals surface area contributed by atoms with Crippen molar-refractivity contribution in [1.29, 1.82) is 0 Å². The highest BCUT2D eigenvalue weighted by Crippen LogP contribution is 2.33. The van der Waals surface area contributed by atoms with Gasteiger partial charge in [0.2, 0.25) is 0 Å². The number of hydrogen-bond acceptors (Lipinski definition) is 3. The molecule has 0 bridgehead atoms. The van der Waals surface area contributed by atoms with Gasteiger partial charge in [0.05, 0.1) is 0 Å². The topological polar surface area (TPSA) is 89.3 Å². The van der Waals surface area contributed by atoms with E-state index in [-0.39, 0.29) is 5.41 Å². The molecule has 1 atom stereocenters. The van der Waals surface area contributed by atoms with Gasteiger partial charge in [0.15, 0.2) is 0 Å². The molecule has 0 amide bonds. The zero-order valence-electron chi connectivity index (χ0n) is 10.5. The highest BCUT2D eigenvalue weighted by molar-refractivity contribution is 5.80. The first-order valence-corrected chi connectivity index (χ1v) is 5.53. The van der Waals surface area contributed by atoms with Crippen LogP contribution in [0.3, 0.4) is 0 Å². The fourth-order valence-electron chi connectivity index (χ4n) is 1.92. The molecule has 0 saturated heterocycles. The van der Waals surface area contributed by atoms with E-state index in [9.17, 15) is 9.90 Å². The van der Waals surface area contributed by atoms with Gasteiger partial charge in [0.25, 0.3) is 0 Å². The molecule has 1 rings (SSSR count). The van der Waals surface area contributed by atoms with Gasteiger partial charge < -0.3 is 16.6 Å². The quantitative estimate of drug-likeness (QED) is 0.700. The summed E-state index contributed by atoms with van der Waals surface area (Å²) in [6.07, 6.45) is 0.360. The van der Waals surface area contributed by atoms with Gasteiger partial charge in [-0.05, 0) is 29.5 Å². The van der Waals surface area contributed by atoms with Crippen LogP contribution in [-0.2, 0) is 10.3 Å². The van der Waals surface area contributed by atoms with Crippen molar-refractivity contribution in [1.82, 2.24) is 0 Å². The van der Waals surface area contributed by atoms with E-state index in [1.165, 1.54) is 0 Å². The monoisotopic (exact) mass is 236 g/mol. The van der Waals surface area contributed by atoms with E-state index < -0.39 is 11.5 Å². The molecule has 0 heterocycles. The van der Waals surface area contributed by atoms with E-state index in [0.29, 0.717) is 17.7 Å². The van der Waals surface area contributed by atoms with Crippen LogP contribution in [-0.4, -0.2) is 11.1 Å². The van der Waals surface area contributed by atoms with Crippen molar-refractivity contribution in [2.24, 2.45) is 11.1 Å². The molecule has 1 unspecified atom stereocenters. The Balaban J connectivity index is 3.16. The minimum atomic E-state index is -1.37. The van der Waals surface area contributed by atoms with Crippen LogP contribution in [0.15, 0.2) is 24.3 Å². The maximum atomic E-state index is 11.4. The Morgan fingerprint density at radius 1 is 1.24 bits per heavy atom. The second-order valence-corrected chi connectivity index (χ2v) is 5.64. The Kier molecular flexibility index (Phi) is 3.48. The molecule has 1 aromatic carbocycles. The molecule has 17 heavy (non-hydrogen) atoms. The van der Waals surface area contributed by atoms with Crippen LogP contribution in [0.25, 0.3) is 0 Å². The predicted octanol–water partition coefficient (Wildman–Crippen LogP) is 1.94. The lowest BCUT2D eigenvalue weighted by Crippen LogP contribution is -2.47. The molecule has 0 aliphatic carbocycles. The average Bonchev–Trinajstić information content (AvgIpc) is 2.15. The molecular formula is C13H20N2O2. The number of hydrogen-bond donors (Lipinski definition) is 3. The summed E-state index contributed by atoms with van der Waals surface area (Å²) < 4.78 is 0. The zero-order valence-corrected chi connectivity index (χ0v) is 10.5. The minimum Gasteiger partial charge on any atom is -0.480 e. The number of nitrogen functional groups attached to an aromatic ring is 1. The Labute approximate surface area is 102 Å². The Hall–Kier alpha value is -1.55. The van der Waals surface area contributed by atoms with E-state index in [0.717, 1.165) is 0 Å². The largest absolute Gasteiger partial charge is 0.480 e. The first-order chi connectivity index (χ1) is 7.65. The Morgan fingerprint density at radius 2 is 1.71 bits per heavy atom. The lowest BCUT2D eigenvalue weighted by atomic mass is 9.76. The molecule has 0 fully saturated rings. The smallest absolute Gasteiger partial charge is 0.328 e. The molecule has 0 radical (unpaired) electrons. The van der Waals surface area contributed by atoms with Crippen molar-refractivity contribution >= 4 is 11.7 Å². The molecule has 0 spiro atoms. The van der Waals surface area contributed by atoms with E-state index >= 15 is 0 Å². The molecule has 94 valence electrons. The normalized spacial score (nSPS) is 15.3. The third kappa shape index (κ3) is 3.20. The second-order valence-electron chi connectivity index (χ2n) is 5.64. The number of benzene rings is 1. The standard InChI is InChI=1S/C13H20N2O2/c1-12(2,3)8-13(15,11(16)17)9-4-6-10(14)7-5-9/h4-7H,8,14-15H2,1-3H3,(H,16,17). The summed E-state index contributed by atoms with van der Waals surface area (Å²) in [7, 11) is 0. The van der Waals surface area contributed by atoms with E-state index in [2.05, 4.69) is 0 Å². The van der Waals surface area contributed by atoms with Crippen LogP contribution in [0.4, 0.5) is 5.69 Å². The summed E-state index contributed by atoms with van der Waals surface area (Å²) in [5.41, 5.74) is 11.3. The van der Waals surface area contributed by atoms with Crippen molar-refractivity contribution in [3.05, 3.63) is 29.8 Å². The number of carboxylic acid groups (broad SMARTS) is 1. The molecule has 0 aromatic heterocycles. The number of carboxylic acids is 1. The third-order valence-corrected chi connectivity index (χ3v) is 2.62. The summed E-state index contributed by atoms with van der Waals surface area (Å²) in [6, 6.07) is 6.69. The van der Waals surface area contributed by atoms with Crippen molar-refractivity contribution in [2.75, 3.05) is 5.73 Å². The van der Waals surface area contributed by atoms with Crippen molar-refractivity contribution < 1.29 is 9.90 Å². The number of carbonyl (C=O) groups is 1. The highest BCUT2D eigenvalue weighted by Gasteiger charge is 2.39. The summed E-state index contributed by atoms with van der Waals surface area (Å²) >= 11 is 0. The third-order valence-electron chi connectivity index (χ3n) is 2.62. The fraction of sp³-hybridized carbons (Fsp3) is 0.462. The molecule has 0 saturated carbocycles. The first-order valence-electron chi connectivity index (χ1n) is 5.53. The van der Waals surface area contributed by atoms with Crippen molar-refractivity contribution in [3.63, 3.8) is 0 Å². The number of rotatable bonds is 3. The molecular weight excluding hydrogens is 216 g/mol. The van der Waals surface area contributed by atoms with Gasteiger partial charge >= 0.3 is 5.97 Å². The summed E-state index contributed by atoms with van der Waals surface area (Å²) in [4.78, 5) is 11.4. The molecule has 4 nitrogen and oxygen atoms in total. The summed E-state index contributed by atoms with van der Waals surface area (Å²) in [5.74, 6) is -1.02. The fourth-order valence-corrected chi connectivity index (χ4v) is 1.92. The van der Waals surface area contributed by atoms with Gasteiger partial charge in [0.1, 0.15) is 5.54 Å².